The molecule has 0 heterocycles. The predicted molar refractivity (Wildman–Crippen MR) is 76.0 cm³/mol. The highest BCUT2D eigenvalue weighted by molar-refractivity contribution is 5.40. The monoisotopic (exact) mass is 247 g/mol. The number of hydrogen-bond acceptors (Lipinski definition) is 2. The first-order valence-corrected chi connectivity index (χ1v) is 6.92. The minimum Gasteiger partial charge on any atom is -0.493 e. The fourth-order valence-electron chi connectivity index (χ4n) is 1.91. The van der Waals surface area contributed by atoms with Crippen molar-refractivity contribution in [2.45, 2.75) is 52.6 Å². The molecule has 0 radical (unpaired) electrons. The Balaban J connectivity index is 2.04. The van der Waals surface area contributed by atoms with Gasteiger partial charge in [0.15, 0.2) is 0 Å². The Labute approximate surface area is 111 Å². The van der Waals surface area contributed by atoms with E-state index >= 15 is 0 Å². The first kappa shape index (κ1) is 13.4. The summed E-state index contributed by atoms with van der Waals surface area (Å²) in [7, 11) is 0. The van der Waals surface area contributed by atoms with Gasteiger partial charge in [-0.15, -0.1) is 0 Å². The van der Waals surface area contributed by atoms with Gasteiger partial charge in [0.1, 0.15) is 5.75 Å². The Morgan fingerprint density at radius 1 is 1.28 bits per heavy atom. The number of rotatable bonds is 5. The summed E-state index contributed by atoms with van der Waals surface area (Å²) in [5.41, 5.74) is 2.65. The van der Waals surface area contributed by atoms with Crippen molar-refractivity contribution in [3.63, 3.8) is 0 Å². The Kier molecular flexibility index (Phi) is 3.96. The van der Waals surface area contributed by atoms with Crippen molar-refractivity contribution in [1.29, 1.82) is 0 Å². The fourth-order valence-corrected chi connectivity index (χ4v) is 1.91. The third kappa shape index (κ3) is 4.02. The summed E-state index contributed by atoms with van der Waals surface area (Å²) >= 11 is 0. The van der Waals surface area contributed by atoms with E-state index in [1.54, 1.807) is 0 Å². The highest BCUT2D eigenvalue weighted by Crippen LogP contribution is 2.31. The van der Waals surface area contributed by atoms with Crippen LogP contribution >= 0.6 is 0 Å². The summed E-state index contributed by atoms with van der Waals surface area (Å²) in [4.78, 5) is 0. The van der Waals surface area contributed by atoms with Crippen LogP contribution in [0.25, 0.3) is 0 Å². The molecule has 0 atom stereocenters. The van der Waals surface area contributed by atoms with Crippen LogP contribution < -0.4 is 10.1 Å². The van der Waals surface area contributed by atoms with Gasteiger partial charge in [-0.05, 0) is 52.0 Å². The molecule has 2 rings (SSSR count). The predicted octanol–water partition coefficient (Wildman–Crippen LogP) is 3.67. The maximum absolute atomic E-state index is 6.02. The molecule has 0 aromatic heterocycles. The van der Waals surface area contributed by atoms with Gasteiger partial charge in [-0.25, -0.2) is 0 Å². The molecule has 1 N–H and O–H groups in total. The minimum atomic E-state index is 0.136. The number of hydrogen-bond donors (Lipinski definition) is 1. The smallest absolute Gasteiger partial charge is 0.126 e. The van der Waals surface area contributed by atoms with Crippen LogP contribution in [0, 0.1) is 12.8 Å². The Morgan fingerprint density at radius 3 is 2.61 bits per heavy atom. The molecule has 18 heavy (non-hydrogen) atoms. The fraction of sp³-hybridized carbons (Fsp3) is 0.625. The van der Waals surface area contributed by atoms with Crippen LogP contribution in [-0.2, 0) is 6.54 Å². The van der Waals surface area contributed by atoms with Gasteiger partial charge >= 0.3 is 0 Å². The van der Waals surface area contributed by atoms with Gasteiger partial charge in [0.25, 0.3) is 0 Å². The summed E-state index contributed by atoms with van der Waals surface area (Å²) in [5, 5.41) is 3.53. The standard InChI is InChI=1S/C16H25NO/c1-12-6-5-7-14(10-17-16(2,3)4)15(12)18-11-13-8-9-13/h5-7,13,17H,8-11H2,1-4H3. The molecule has 1 aromatic rings. The zero-order chi connectivity index (χ0) is 13.2. The number of nitrogens with one attached hydrogen (secondary N) is 1. The molecule has 1 saturated carbocycles. The summed E-state index contributed by atoms with van der Waals surface area (Å²) < 4.78 is 6.02. The number of benzene rings is 1. The SMILES string of the molecule is Cc1cccc(CNC(C)(C)C)c1OCC1CC1. The van der Waals surface area contributed by atoms with Crippen LogP contribution in [0.15, 0.2) is 18.2 Å². The van der Waals surface area contributed by atoms with Gasteiger partial charge < -0.3 is 10.1 Å². The van der Waals surface area contributed by atoms with Crippen molar-refractivity contribution in [3.8, 4) is 5.75 Å². The van der Waals surface area contributed by atoms with Crippen molar-refractivity contribution in [3.05, 3.63) is 29.3 Å². The molecule has 1 fully saturated rings. The molecule has 0 unspecified atom stereocenters. The largest absolute Gasteiger partial charge is 0.493 e. The van der Waals surface area contributed by atoms with E-state index in [2.05, 4.69) is 51.2 Å². The minimum absolute atomic E-state index is 0.136. The molecule has 0 bridgehead atoms. The Bertz CT molecular complexity index is 402. The number of aryl methyl sites for hydroxylation is 1. The molecule has 0 amide bonds. The molecule has 0 aliphatic heterocycles. The van der Waals surface area contributed by atoms with Crippen molar-refractivity contribution < 1.29 is 4.74 Å². The first-order chi connectivity index (χ1) is 8.46. The first-order valence-electron chi connectivity index (χ1n) is 6.92. The van der Waals surface area contributed by atoms with Crippen LogP contribution in [0.4, 0.5) is 0 Å². The zero-order valence-electron chi connectivity index (χ0n) is 12.0. The summed E-state index contributed by atoms with van der Waals surface area (Å²) in [6.07, 6.45) is 2.67. The molecule has 1 aliphatic rings. The normalized spacial score (nSPS) is 15.8. The van der Waals surface area contributed by atoms with Gasteiger partial charge in [-0.3, -0.25) is 0 Å². The molecule has 2 heteroatoms. The van der Waals surface area contributed by atoms with Gasteiger partial charge in [0.2, 0.25) is 0 Å². The van der Waals surface area contributed by atoms with Crippen LogP contribution in [0.3, 0.4) is 0 Å². The summed E-state index contributed by atoms with van der Waals surface area (Å²) in [6, 6.07) is 6.40. The highest BCUT2D eigenvalue weighted by atomic mass is 16.5. The van der Waals surface area contributed by atoms with Gasteiger partial charge in [-0.1, -0.05) is 18.2 Å². The van der Waals surface area contributed by atoms with Crippen molar-refractivity contribution in [2.24, 2.45) is 5.92 Å². The lowest BCUT2D eigenvalue weighted by molar-refractivity contribution is 0.292. The van der Waals surface area contributed by atoms with E-state index in [0.29, 0.717) is 0 Å². The Hall–Kier alpha value is -1.02. The van der Waals surface area contributed by atoms with Crippen molar-refractivity contribution >= 4 is 0 Å². The quantitative estimate of drug-likeness (QED) is 0.857. The number of para-hydroxylation sites is 1. The lowest BCUT2D eigenvalue weighted by atomic mass is 10.1. The van der Waals surface area contributed by atoms with E-state index < -0.39 is 0 Å². The van der Waals surface area contributed by atoms with Gasteiger partial charge in [-0.2, -0.15) is 0 Å². The second kappa shape index (κ2) is 5.31. The van der Waals surface area contributed by atoms with E-state index in [0.717, 1.165) is 24.8 Å². The lowest BCUT2D eigenvalue weighted by Gasteiger charge is -2.22. The molecule has 0 spiro atoms. The maximum atomic E-state index is 6.02. The second-order valence-corrected chi connectivity index (χ2v) is 6.42. The van der Waals surface area contributed by atoms with Crippen molar-refractivity contribution in [1.82, 2.24) is 5.32 Å². The summed E-state index contributed by atoms with van der Waals surface area (Å²) in [6.45, 7) is 10.4. The third-order valence-electron chi connectivity index (χ3n) is 3.26. The number of ether oxygens (including phenoxy) is 1. The average molecular weight is 247 g/mol. The second-order valence-electron chi connectivity index (χ2n) is 6.42. The molecule has 1 aromatic carbocycles. The molecule has 2 nitrogen and oxygen atoms in total. The maximum Gasteiger partial charge on any atom is 0.126 e. The molecular formula is C16H25NO. The molecular weight excluding hydrogens is 222 g/mol. The van der Waals surface area contributed by atoms with E-state index in [1.165, 1.54) is 24.0 Å². The van der Waals surface area contributed by atoms with E-state index in [-0.39, 0.29) is 5.54 Å². The average Bonchev–Trinajstić information content (AvgIpc) is 3.08. The zero-order valence-corrected chi connectivity index (χ0v) is 12.0. The lowest BCUT2D eigenvalue weighted by Crippen LogP contribution is -2.35. The molecule has 1 aliphatic carbocycles. The van der Waals surface area contributed by atoms with Crippen LogP contribution in [0.5, 0.6) is 5.75 Å². The third-order valence-corrected chi connectivity index (χ3v) is 3.26. The van der Waals surface area contributed by atoms with Crippen LogP contribution in [0.2, 0.25) is 0 Å². The van der Waals surface area contributed by atoms with Crippen LogP contribution in [0.1, 0.15) is 44.7 Å². The molecule has 0 saturated heterocycles. The van der Waals surface area contributed by atoms with E-state index in [1.807, 2.05) is 0 Å². The van der Waals surface area contributed by atoms with E-state index in [9.17, 15) is 0 Å². The highest BCUT2D eigenvalue weighted by Gasteiger charge is 2.22. The van der Waals surface area contributed by atoms with Crippen molar-refractivity contribution in [2.75, 3.05) is 6.61 Å². The molecule has 100 valence electrons. The van der Waals surface area contributed by atoms with Gasteiger partial charge in [0.05, 0.1) is 6.61 Å². The van der Waals surface area contributed by atoms with E-state index in [4.69, 9.17) is 4.74 Å². The summed E-state index contributed by atoms with van der Waals surface area (Å²) in [5.74, 6) is 1.88. The Morgan fingerprint density at radius 2 is 2.00 bits per heavy atom. The van der Waals surface area contributed by atoms with Gasteiger partial charge in [0, 0.05) is 17.6 Å². The topological polar surface area (TPSA) is 21.3 Å². The van der Waals surface area contributed by atoms with Crippen LogP contribution in [-0.4, -0.2) is 12.1 Å².